The van der Waals surface area contributed by atoms with Crippen molar-refractivity contribution in [2.75, 3.05) is 0 Å². The number of nitrogens with zero attached hydrogens (tertiary/aromatic N) is 1. The third-order valence-corrected chi connectivity index (χ3v) is 5.53. The topological polar surface area (TPSA) is 93.5 Å². The van der Waals surface area contributed by atoms with E-state index in [2.05, 4.69) is 15.8 Å². The number of aromatic nitrogens is 1. The maximum absolute atomic E-state index is 12.5. The van der Waals surface area contributed by atoms with Crippen molar-refractivity contribution in [2.24, 2.45) is 0 Å². The molecule has 8 heteroatoms. The number of para-hydroxylation sites is 1. The lowest BCUT2D eigenvalue weighted by atomic mass is 10.2. The van der Waals surface area contributed by atoms with Crippen LogP contribution in [0.1, 0.15) is 31.7 Å². The molecule has 0 aliphatic heterocycles. The summed E-state index contributed by atoms with van der Waals surface area (Å²) in [6.07, 6.45) is 0. The second-order valence-corrected chi connectivity index (χ2v) is 7.57. The van der Waals surface area contributed by atoms with Gasteiger partial charge in [0.1, 0.15) is 28.0 Å². The molecule has 2 N–H and O–H groups in total. The first-order chi connectivity index (χ1) is 15.1. The molecule has 0 saturated carbocycles. The van der Waals surface area contributed by atoms with Gasteiger partial charge in [0, 0.05) is 5.56 Å². The number of hydrogen-bond acceptors (Lipinski definition) is 6. The highest BCUT2D eigenvalue weighted by molar-refractivity contribution is 7.17. The molecule has 31 heavy (non-hydrogen) atoms. The number of benzene rings is 2. The number of aryl methyl sites for hydroxylation is 1. The molecule has 0 saturated heterocycles. The van der Waals surface area contributed by atoms with Crippen LogP contribution in [0.15, 0.2) is 77.2 Å². The van der Waals surface area contributed by atoms with Gasteiger partial charge in [0.25, 0.3) is 5.91 Å². The standard InChI is InChI=1S/C23H19N3O4S/c1-15-20(31-23(24-15)16-8-4-2-5-9-16)22(28)26-25-21(27)19-13-12-18(30-19)14-29-17-10-6-3-7-11-17/h2-13H,14H2,1H3,(H,25,27)(H,26,28). The number of carbonyl (C=O) groups excluding carboxylic acids is 2. The monoisotopic (exact) mass is 433 g/mol. The molecule has 0 atom stereocenters. The molecule has 0 fully saturated rings. The summed E-state index contributed by atoms with van der Waals surface area (Å²) < 4.78 is 11.1. The smallest absolute Gasteiger partial charge is 0.305 e. The second kappa shape index (κ2) is 9.27. The number of ether oxygens (including phenoxy) is 1. The van der Waals surface area contributed by atoms with Gasteiger partial charge in [-0.25, -0.2) is 4.98 Å². The largest absolute Gasteiger partial charge is 0.486 e. The van der Waals surface area contributed by atoms with Crippen molar-refractivity contribution in [3.8, 4) is 16.3 Å². The van der Waals surface area contributed by atoms with Crippen molar-refractivity contribution < 1.29 is 18.7 Å². The zero-order valence-corrected chi connectivity index (χ0v) is 17.4. The minimum Gasteiger partial charge on any atom is -0.486 e. The summed E-state index contributed by atoms with van der Waals surface area (Å²) in [6.45, 7) is 1.94. The highest BCUT2D eigenvalue weighted by atomic mass is 32.1. The van der Waals surface area contributed by atoms with Crippen LogP contribution >= 0.6 is 11.3 Å². The Kier molecular flexibility index (Phi) is 6.09. The van der Waals surface area contributed by atoms with Gasteiger partial charge in [-0.05, 0) is 31.2 Å². The number of furan rings is 1. The summed E-state index contributed by atoms with van der Waals surface area (Å²) >= 11 is 1.26. The van der Waals surface area contributed by atoms with Gasteiger partial charge in [-0.1, -0.05) is 48.5 Å². The number of amides is 2. The number of rotatable bonds is 6. The average Bonchev–Trinajstić information content (AvgIpc) is 3.44. The van der Waals surface area contributed by atoms with E-state index in [-0.39, 0.29) is 12.4 Å². The Balaban J connectivity index is 1.33. The van der Waals surface area contributed by atoms with Crippen LogP contribution < -0.4 is 15.6 Å². The number of nitrogens with one attached hydrogen (secondary N) is 2. The van der Waals surface area contributed by atoms with Crippen LogP contribution in [0.3, 0.4) is 0 Å². The molecule has 4 aromatic rings. The predicted molar refractivity (Wildman–Crippen MR) is 117 cm³/mol. The fraction of sp³-hybridized carbons (Fsp3) is 0.0870. The van der Waals surface area contributed by atoms with Gasteiger partial charge in [0.2, 0.25) is 0 Å². The lowest BCUT2D eigenvalue weighted by Crippen LogP contribution is -2.41. The van der Waals surface area contributed by atoms with Gasteiger partial charge < -0.3 is 9.15 Å². The Hall–Kier alpha value is -3.91. The van der Waals surface area contributed by atoms with Crippen molar-refractivity contribution >= 4 is 23.2 Å². The fourth-order valence-corrected chi connectivity index (χ4v) is 3.76. The van der Waals surface area contributed by atoms with Crippen LogP contribution in [-0.2, 0) is 6.61 Å². The number of carbonyl (C=O) groups is 2. The van der Waals surface area contributed by atoms with Crippen LogP contribution in [0.2, 0.25) is 0 Å². The van der Waals surface area contributed by atoms with Crippen LogP contribution in [0.4, 0.5) is 0 Å². The van der Waals surface area contributed by atoms with Crippen molar-refractivity contribution in [1.29, 1.82) is 0 Å². The molecule has 2 amide bonds. The Morgan fingerprint density at radius 3 is 2.35 bits per heavy atom. The van der Waals surface area contributed by atoms with Crippen LogP contribution in [0.25, 0.3) is 10.6 Å². The zero-order valence-electron chi connectivity index (χ0n) is 16.6. The first kappa shape index (κ1) is 20.4. The SMILES string of the molecule is Cc1nc(-c2ccccc2)sc1C(=O)NNC(=O)c1ccc(COc2ccccc2)o1. The van der Waals surface area contributed by atoms with Gasteiger partial charge in [0.15, 0.2) is 5.76 Å². The maximum Gasteiger partial charge on any atom is 0.305 e. The van der Waals surface area contributed by atoms with Gasteiger partial charge in [-0.15, -0.1) is 11.3 Å². The summed E-state index contributed by atoms with van der Waals surface area (Å²) in [5.74, 6) is 0.255. The molecule has 0 spiro atoms. The average molecular weight is 433 g/mol. The molecule has 0 aliphatic rings. The third-order valence-electron chi connectivity index (χ3n) is 4.32. The van der Waals surface area contributed by atoms with E-state index < -0.39 is 11.8 Å². The minimum absolute atomic E-state index is 0.0676. The summed E-state index contributed by atoms with van der Waals surface area (Å²) in [5.41, 5.74) is 6.30. The number of hydrazine groups is 1. The quantitative estimate of drug-likeness (QED) is 0.441. The van der Waals surface area contributed by atoms with Gasteiger partial charge in [-0.3, -0.25) is 20.4 Å². The normalized spacial score (nSPS) is 10.5. The predicted octanol–water partition coefficient (Wildman–Crippen LogP) is 4.37. The second-order valence-electron chi connectivity index (χ2n) is 6.58. The van der Waals surface area contributed by atoms with E-state index in [1.54, 1.807) is 13.0 Å². The minimum atomic E-state index is -0.565. The van der Waals surface area contributed by atoms with Crippen molar-refractivity contribution in [1.82, 2.24) is 15.8 Å². The Morgan fingerprint density at radius 1 is 0.935 bits per heavy atom. The number of thiazole rings is 1. The van der Waals surface area contributed by atoms with Crippen LogP contribution in [0, 0.1) is 6.92 Å². The summed E-state index contributed by atoms with van der Waals surface area (Å²) in [7, 11) is 0. The zero-order chi connectivity index (χ0) is 21.6. The Bertz CT molecular complexity index is 1190. The molecule has 156 valence electrons. The maximum atomic E-state index is 12.5. The van der Waals surface area contributed by atoms with E-state index in [0.29, 0.717) is 22.1 Å². The molecule has 7 nitrogen and oxygen atoms in total. The fourth-order valence-electron chi connectivity index (χ4n) is 2.79. The van der Waals surface area contributed by atoms with E-state index in [1.165, 1.54) is 17.4 Å². The van der Waals surface area contributed by atoms with Crippen molar-refractivity contribution in [3.63, 3.8) is 0 Å². The Labute approximate surface area is 182 Å². The molecule has 2 heterocycles. The van der Waals surface area contributed by atoms with E-state index in [0.717, 1.165) is 10.6 Å². The molecular formula is C23H19N3O4S. The molecule has 0 aliphatic carbocycles. The van der Waals surface area contributed by atoms with E-state index in [9.17, 15) is 9.59 Å². The van der Waals surface area contributed by atoms with Crippen molar-refractivity contribution in [3.05, 3.63) is 94.9 Å². The van der Waals surface area contributed by atoms with E-state index >= 15 is 0 Å². The Morgan fingerprint density at radius 2 is 1.61 bits per heavy atom. The summed E-state index contributed by atoms with van der Waals surface area (Å²) in [5, 5.41) is 0.740. The molecule has 0 bridgehead atoms. The van der Waals surface area contributed by atoms with E-state index in [1.807, 2.05) is 60.7 Å². The lowest BCUT2D eigenvalue weighted by molar-refractivity contribution is 0.0830. The van der Waals surface area contributed by atoms with Crippen LogP contribution in [-0.4, -0.2) is 16.8 Å². The molecule has 4 rings (SSSR count). The van der Waals surface area contributed by atoms with Gasteiger partial charge in [0.05, 0.1) is 5.69 Å². The van der Waals surface area contributed by atoms with Gasteiger partial charge >= 0.3 is 5.91 Å². The molecule has 2 aromatic heterocycles. The summed E-state index contributed by atoms with van der Waals surface area (Å²) in [6, 6.07) is 22.1. The highest BCUT2D eigenvalue weighted by Crippen LogP contribution is 2.27. The molecular weight excluding hydrogens is 414 g/mol. The van der Waals surface area contributed by atoms with Crippen molar-refractivity contribution in [2.45, 2.75) is 13.5 Å². The van der Waals surface area contributed by atoms with Crippen LogP contribution in [0.5, 0.6) is 5.75 Å². The lowest BCUT2D eigenvalue weighted by Gasteiger charge is -2.05. The first-order valence-electron chi connectivity index (χ1n) is 9.50. The summed E-state index contributed by atoms with van der Waals surface area (Å²) in [4.78, 5) is 29.7. The molecule has 0 radical (unpaired) electrons. The van der Waals surface area contributed by atoms with E-state index in [4.69, 9.17) is 9.15 Å². The highest BCUT2D eigenvalue weighted by Gasteiger charge is 2.18. The van der Waals surface area contributed by atoms with Gasteiger partial charge in [-0.2, -0.15) is 0 Å². The number of hydrogen-bond donors (Lipinski definition) is 2. The third kappa shape index (κ3) is 4.99. The molecule has 0 unspecified atom stereocenters. The first-order valence-corrected chi connectivity index (χ1v) is 10.3. The molecule has 2 aromatic carbocycles.